The number of hydrogen-bond donors (Lipinski definition) is 1. The van der Waals surface area contributed by atoms with E-state index < -0.39 is 0 Å². The van der Waals surface area contributed by atoms with Gasteiger partial charge in [0, 0.05) is 13.2 Å². The highest BCUT2D eigenvalue weighted by Crippen LogP contribution is 2.22. The largest absolute Gasteiger partial charge is 0.352 e. The van der Waals surface area contributed by atoms with Crippen molar-refractivity contribution in [3.8, 4) is 0 Å². The molecule has 0 radical (unpaired) electrons. The monoisotopic (exact) mass is 274 g/mol. The highest BCUT2D eigenvalue weighted by atomic mass is 35.5. The van der Waals surface area contributed by atoms with Crippen LogP contribution >= 0.6 is 11.6 Å². The van der Waals surface area contributed by atoms with Gasteiger partial charge in [-0.3, -0.25) is 4.98 Å². The lowest BCUT2D eigenvalue weighted by Crippen LogP contribution is -2.19. The van der Waals surface area contributed by atoms with Crippen LogP contribution in [-0.4, -0.2) is 32.0 Å². The number of fused-ring (bicyclic) bond motifs is 1. The standard InChI is InChI=1S/C12H11ClN6/c1-19(6-8-4-2-3-5-14-8)11-9-10(16-7-15-9)17-12(13)18-11/h2-5,7H,6H2,1H3,(H,15,16,17,18). The average Bonchev–Trinajstić information content (AvgIpc) is 2.86. The average molecular weight is 275 g/mol. The first kappa shape index (κ1) is 11.9. The van der Waals surface area contributed by atoms with E-state index in [2.05, 4.69) is 24.9 Å². The molecule has 0 aliphatic rings. The van der Waals surface area contributed by atoms with Crippen molar-refractivity contribution in [3.05, 3.63) is 41.7 Å². The van der Waals surface area contributed by atoms with Crippen molar-refractivity contribution in [2.75, 3.05) is 11.9 Å². The van der Waals surface area contributed by atoms with Crippen LogP contribution in [-0.2, 0) is 6.54 Å². The Kier molecular flexibility index (Phi) is 3.00. The maximum atomic E-state index is 5.91. The smallest absolute Gasteiger partial charge is 0.226 e. The first-order valence-electron chi connectivity index (χ1n) is 5.71. The highest BCUT2D eigenvalue weighted by Gasteiger charge is 2.13. The van der Waals surface area contributed by atoms with E-state index in [9.17, 15) is 0 Å². The quantitative estimate of drug-likeness (QED) is 0.740. The number of imidazole rings is 1. The molecule has 19 heavy (non-hydrogen) atoms. The maximum Gasteiger partial charge on any atom is 0.226 e. The van der Waals surface area contributed by atoms with E-state index in [0.29, 0.717) is 18.0 Å². The summed E-state index contributed by atoms with van der Waals surface area (Å²) in [5.74, 6) is 0.707. The first-order chi connectivity index (χ1) is 9.24. The Morgan fingerprint density at radius 2 is 2.16 bits per heavy atom. The van der Waals surface area contributed by atoms with Crippen molar-refractivity contribution < 1.29 is 0 Å². The zero-order valence-electron chi connectivity index (χ0n) is 10.2. The summed E-state index contributed by atoms with van der Waals surface area (Å²) in [6, 6.07) is 5.80. The fraction of sp³-hybridized carbons (Fsp3) is 0.167. The molecule has 0 amide bonds. The molecule has 3 aromatic heterocycles. The first-order valence-corrected chi connectivity index (χ1v) is 6.09. The van der Waals surface area contributed by atoms with Crippen LogP contribution < -0.4 is 4.90 Å². The van der Waals surface area contributed by atoms with Gasteiger partial charge in [0.25, 0.3) is 0 Å². The molecule has 0 aromatic carbocycles. The molecular formula is C12H11ClN6. The van der Waals surface area contributed by atoms with E-state index in [1.165, 1.54) is 0 Å². The Balaban J connectivity index is 1.97. The van der Waals surface area contributed by atoms with Gasteiger partial charge in [0.1, 0.15) is 5.52 Å². The van der Waals surface area contributed by atoms with E-state index in [4.69, 9.17) is 11.6 Å². The number of aromatic nitrogens is 5. The lowest BCUT2D eigenvalue weighted by molar-refractivity contribution is 0.866. The number of nitrogens with one attached hydrogen (secondary N) is 1. The van der Waals surface area contributed by atoms with Crippen LogP contribution in [0.4, 0.5) is 5.82 Å². The minimum atomic E-state index is 0.183. The summed E-state index contributed by atoms with van der Waals surface area (Å²) in [5, 5.41) is 0.183. The third-order valence-electron chi connectivity index (χ3n) is 2.73. The Labute approximate surface area is 114 Å². The zero-order chi connectivity index (χ0) is 13.2. The summed E-state index contributed by atoms with van der Waals surface area (Å²) in [7, 11) is 1.92. The van der Waals surface area contributed by atoms with Crippen molar-refractivity contribution in [2.24, 2.45) is 0 Å². The van der Waals surface area contributed by atoms with Gasteiger partial charge in [-0.2, -0.15) is 9.97 Å². The lowest BCUT2D eigenvalue weighted by atomic mass is 10.3. The van der Waals surface area contributed by atoms with Gasteiger partial charge in [0.2, 0.25) is 5.28 Å². The van der Waals surface area contributed by atoms with Crippen LogP contribution in [0, 0.1) is 0 Å². The predicted octanol–water partition coefficient (Wildman–Crippen LogP) is 2.04. The molecule has 96 valence electrons. The third-order valence-corrected chi connectivity index (χ3v) is 2.90. The fourth-order valence-electron chi connectivity index (χ4n) is 1.88. The number of nitrogens with zero attached hydrogens (tertiary/aromatic N) is 5. The number of halogens is 1. The van der Waals surface area contributed by atoms with Gasteiger partial charge < -0.3 is 9.88 Å². The predicted molar refractivity (Wildman–Crippen MR) is 73.0 cm³/mol. The summed E-state index contributed by atoms with van der Waals surface area (Å²) < 4.78 is 0. The number of H-pyrrole nitrogens is 1. The molecule has 0 saturated heterocycles. The summed E-state index contributed by atoms with van der Waals surface area (Å²) >= 11 is 5.91. The molecule has 0 fully saturated rings. The zero-order valence-corrected chi connectivity index (χ0v) is 11.0. The number of pyridine rings is 1. The Morgan fingerprint density at radius 1 is 1.26 bits per heavy atom. The second kappa shape index (κ2) is 4.81. The van der Waals surface area contributed by atoms with Gasteiger partial charge in [-0.15, -0.1) is 0 Å². The number of hydrogen-bond acceptors (Lipinski definition) is 5. The van der Waals surface area contributed by atoms with Crippen LogP contribution in [0.1, 0.15) is 5.69 Å². The molecule has 3 heterocycles. The van der Waals surface area contributed by atoms with Crippen molar-refractivity contribution in [2.45, 2.75) is 6.54 Å². The van der Waals surface area contributed by atoms with Crippen molar-refractivity contribution in [1.82, 2.24) is 24.9 Å². The fourth-order valence-corrected chi connectivity index (χ4v) is 2.04. The molecule has 3 aromatic rings. The molecule has 0 bridgehead atoms. The molecule has 0 saturated carbocycles. The summed E-state index contributed by atoms with van der Waals surface area (Å²) in [5.41, 5.74) is 2.28. The van der Waals surface area contributed by atoms with Gasteiger partial charge in [0.15, 0.2) is 11.5 Å². The van der Waals surface area contributed by atoms with Crippen LogP contribution in [0.5, 0.6) is 0 Å². The Morgan fingerprint density at radius 3 is 2.95 bits per heavy atom. The molecule has 0 aliphatic heterocycles. The highest BCUT2D eigenvalue weighted by molar-refractivity contribution is 6.28. The van der Waals surface area contributed by atoms with Crippen molar-refractivity contribution >= 4 is 28.6 Å². The van der Waals surface area contributed by atoms with E-state index >= 15 is 0 Å². The normalized spacial score (nSPS) is 10.8. The van der Waals surface area contributed by atoms with Gasteiger partial charge in [-0.05, 0) is 23.7 Å². The molecule has 0 atom stereocenters. The van der Waals surface area contributed by atoms with Crippen LogP contribution in [0.15, 0.2) is 30.7 Å². The van der Waals surface area contributed by atoms with Crippen LogP contribution in [0.25, 0.3) is 11.2 Å². The SMILES string of the molecule is CN(Cc1ccccn1)c1nc(Cl)nc2nc[nH]c12. The number of anilines is 1. The molecule has 1 N–H and O–H groups in total. The van der Waals surface area contributed by atoms with E-state index in [0.717, 1.165) is 11.2 Å². The molecule has 0 unspecified atom stereocenters. The number of aromatic amines is 1. The van der Waals surface area contributed by atoms with E-state index in [1.54, 1.807) is 12.5 Å². The molecule has 0 spiro atoms. The van der Waals surface area contributed by atoms with E-state index in [1.807, 2.05) is 30.1 Å². The lowest BCUT2D eigenvalue weighted by Gasteiger charge is -2.18. The third kappa shape index (κ3) is 2.34. The van der Waals surface area contributed by atoms with E-state index in [-0.39, 0.29) is 5.28 Å². The van der Waals surface area contributed by atoms with Gasteiger partial charge in [0.05, 0.1) is 18.6 Å². The minimum absolute atomic E-state index is 0.183. The Hall–Kier alpha value is -2.21. The summed E-state index contributed by atoms with van der Waals surface area (Å²) in [4.78, 5) is 21.7. The minimum Gasteiger partial charge on any atom is -0.352 e. The summed E-state index contributed by atoms with van der Waals surface area (Å²) in [6.07, 6.45) is 3.34. The van der Waals surface area contributed by atoms with Gasteiger partial charge >= 0.3 is 0 Å². The van der Waals surface area contributed by atoms with Gasteiger partial charge in [-0.1, -0.05) is 6.07 Å². The molecule has 7 heteroatoms. The topological polar surface area (TPSA) is 70.6 Å². The van der Waals surface area contributed by atoms with Crippen molar-refractivity contribution in [1.29, 1.82) is 0 Å². The second-order valence-corrected chi connectivity index (χ2v) is 4.43. The van der Waals surface area contributed by atoms with Crippen LogP contribution in [0.2, 0.25) is 5.28 Å². The molecule has 6 nitrogen and oxygen atoms in total. The number of rotatable bonds is 3. The molecule has 0 aliphatic carbocycles. The second-order valence-electron chi connectivity index (χ2n) is 4.09. The Bertz CT molecular complexity index is 696. The van der Waals surface area contributed by atoms with Gasteiger partial charge in [-0.25, -0.2) is 4.98 Å². The maximum absolute atomic E-state index is 5.91. The molecular weight excluding hydrogens is 264 g/mol. The summed E-state index contributed by atoms with van der Waals surface area (Å²) in [6.45, 7) is 0.627. The molecule has 3 rings (SSSR count). The van der Waals surface area contributed by atoms with Crippen LogP contribution in [0.3, 0.4) is 0 Å². The van der Waals surface area contributed by atoms with Crippen molar-refractivity contribution in [3.63, 3.8) is 0 Å².